The summed E-state index contributed by atoms with van der Waals surface area (Å²) in [5, 5.41) is 39.9. The van der Waals surface area contributed by atoms with Gasteiger partial charge in [-0.05, 0) is 73.8 Å². The Morgan fingerprint density at radius 1 is 1.12 bits per heavy atom. The fourth-order valence-corrected chi connectivity index (χ4v) is 4.92. The third kappa shape index (κ3) is 5.11. The molecule has 180 valence electrons. The molecule has 0 radical (unpaired) electrons. The molecule has 1 saturated heterocycles. The maximum Gasteiger partial charge on any atom is 0.162 e. The van der Waals surface area contributed by atoms with E-state index in [0.717, 1.165) is 49.0 Å². The van der Waals surface area contributed by atoms with Gasteiger partial charge in [0.15, 0.2) is 11.9 Å². The van der Waals surface area contributed by atoms with Gasteiger partial charge in [0.1, 0.15) is 36.4 Å². The number of hydrogen-bond donors (Lipinski definition) is 4. The van der Waals surface area contributed by atoms with Crippen LogP contribution >= 0.6 is 0 Å². The maximum atomic E-state index is 10.5. The van der Waals surface area contributed by atoms with Crippen LogP contribution in [-0.4, -0.2) is 58.1 Å². The Hall–Kier alpha value is -2.32. The zero-order valence-electron chi connectivity index (χ0n) is 19.1. The van der Waals surface area contributed by atoms with Crippen LogP contribution in [0.5, 0.6) is 0 Å². The van der Waals surface area contributed by atoms with Crippen molar-refractivity contribution >= 4 is 0 Å². The Morgan fingerprint density at radius 2 is 1.91 bits per heavy atom. The highest BCUT2D eigenvalue weighted by Crippen LogP contribution is 2.35. The number of aliphatic hydroxyl groups excluding tert-OH is 4. The van der Waals surface area contributed by atoms with Crippen molar-refractivity contribution in [2.45, 2.75) is 75.7 Å². The fraction of sp³-hybridized carbons (Fsp3) is 0.538. The number of benzene rings is 1. The molecular formula is C26H34O7. The molecule has 3 aliphatic rings. The maximum absolute atomic E-state index is 10.5. The number of aliphatic hydroxyl groups is 4. The number of ether oxygens (including phenoxy) is 3. The van der Waals surface area contributed by atoms with Gasteiger partial charge in [-0.2, -0.15) is 0 Å². The number of aryl methyl sites for hydroxylation is 1. The Bertz CT molecular complexity index is 921. The predicted molar refractivity (Wildman–Crippen MR) is 122 cm³/mol. The summed E-state index contributed by atoms with van der Waals surface area (Å²) in [7, 11) is 1.74. The third-order valence-electron chi connectivity index (χ3n) is 6.99. The van der Waals surface area contributed by atoms with Crippen LogP contribution in [0.2, 0.25) is 0 Å². The van der Waals surface area contributed by atoms with Gasteiger partial charge in [0, 0.05) is 7.11 Å². The van der Waals surface area contributed by atoms with E-state index >= 15 is 0 Å². The van der Waals surface area contributed by atoms with Crippen molar-refractivity contribution < 1.29 is 34.6 Å². The summed E-state index contributed by atoms with van der Waals surface area (Å²) in [6, 6.07) is 5.76. The molecule has 2 fully saturated rings. The second kappa shape index (κ2) is 10.3. The van der Waals surface area contributed by atoms with E-state index in [2.05, 4.69) is 12.2 Å². The quantitative estimate of drug-likeness (QED) is 0.485. The second-order valence-corrected chi connectivity index (χ2v) is 9.21. The Labute approximate surface area is 194 Å². The molecule has 3 unspecified atom stereocenters. The Kier molecular flexibility index (Phi) is 7.44. The highest BCUT2D eigenvalue weighted by atomic mass is 16.5. The van der Waals surface area contributed by atoms with E-state index in [1.807, 2.05) is 31.2 Å². The molecule has 0 bridgehead atoms. The van der Waals surface area contributed by atoms with Gasteiger partial charge in [-0.1, -0.05) is 24.3 Å². The van der Waals surface area contributed by atoms with Gasteiger partial charge in [-0.3, -0.25) is 0 Å². The summed E-state index contributed by atoms with van der Waals surface area (Å²) < 4.78 is 17.3. The van der Waals surface area contributed by atoms with Gasteiger partial charge in [0.25, 0.3) is 0 Å². The molecule has 1 aliphatic heterocycles. The van der Waals surface area contributed by atoms with Crippen LogP contribution in [0.15, 0.2) is 54.2 Å². The van der Waals surface area contributed by atoms with Gasteiger partial charge in [0.2, 0.25) is 0 Å². The van der Waals surface area contributed by atoms with Crippen LogP contribution in [0.1, 0.15) is 48.5 Å². The normalized spacial score (nSPS) is 35.4. The first-order chi connectivity index (χ1) is 15.9. The van der Waals surface area contributed by atoms with Crippen molar-refractivity contribution in [1.29, 1.82) is 0 Å². The molecule has 7 atom stereocenters. The lowest BCUT2D eigenvalue weighted by molar-refractivity contribution is -0.159. The predicted octanol–water partition coefficient (Wildman–Crippen LogP) is 3.14. The van der Waals surface area contributed by atoms with Crippen molar-refractivity contribution in [3.63, 3.8) is 0 Å². The zero-order chi connectivity index (χ0) is 23.5. The zero-order valence-corrected chi connectivity index (χ0v) is 19.1. The van der Waals surface area contributed by atoms with Crippen LogP contribution in [0.25, 0.3) is 0 Å². The van der Waals surface area contributed by atoms with E-state index in [4.69, 9.17) is 14.2 Å². The van der Waals surface area contributed by atoms with E-state index in [1.165, 1.54) is 0 Å². The van der Waals surface area contributed by atoms with Crippen LogP contribution in [0.4, 0.5) is 0 Å². The van der Waals surface area contributed by atoms with Gasteiger partial charge >= 0.3 is 0 Å². The van der Waals surface area contributed by atoms with Crippen molar-refractivity contribution in [3.05, 3.63) is 70.9 Å². The monoisotopic (exact) mass is 458 g/mol. The third-order valence-corrected chi connectivity index (χ3v) is 6.99. The molecule has 1 aromatic rings. The average Bonchev–Trinajstić information content (AvgIpc) is 3.27. The van der Waals surface area contributed by atoms with E-state index in [0.29, 0.717) is 17.7 Å². The van der Waals surface area contributed by atoms with E-state index in [1.54, 1.807) is 7.11 Å². The Morgan fingerprint density at radius 3 is 2.61 bits per heavy atom. The first-order valence-corrected chi connectivity index (χ1v) is 11.6. The molecule has 1 heterocycles. The molecule has 7 nitrogen and oxygen atoms in total. The van der Waals surface area contributed by atoms with Gasteiger partial charge in [-0.25, -0.2) is 0 Å². The molecule has 0 amide bonds. The van der Waals surface area contributed by atoms with Crippen LogP contribution in [0, 0.1) is 12.8 Å². The number of rotatable bonds is 6. The summed E-state index contributed by atoms with van der Waals surface area (Å²) in [4.78, 5) is 0. The standard InChI is InChI=1S/C26H34O7/c1-15-6-9-17(26-25(30)24(29)23(28)22(14-27)33-26)13-18(15)12-16-7-10-19(11-8-16)32-21-5-3-4-20(21)31-2/h6-7,9-11,13-14,16,20-21,23-30H,3-5,8,12H2,1-2H3/b22-14+/t16?,20-,21?,23?,24+,25-,26+/m1/s1. The Balaban J connectivity index is 1.42. The molecule has 33 heavy (non-hydrogen) atoms. The van der Waals surface area contributed by atoms with Crippen LogP contribution < -0.4 is 0 Å². The van der Waals surface area contributed by atoms with Crippen molar-refractivity contribution in [2.24, 2.45) is 5.92 Å². The van der Waals surface area contributed by atoms with E-state index < -0.39 is 24.4 Å². The number of hydrogen-bond acceptors (Lipinski definition) is 7. The van der Waals surface area contributed by atoms with E-state index in [-0.39, 0.29) is 18.0 Å². The van der Waals surface area contributed by atoms with Crippen molar-refractivity contribution in [1.82, 2.24) is 0 Å². The second-order valence-electron chi connectivity index (χ2n) is 9.21. The minimum Gasteiger partial charge on any atom is -0.512 e. The summed E-state index contributed by atoms with van der Waals surface area (Å²) in [6.45, 7) is 2.04. The summed E-state index contributed by atoms with van der Waals surface area (Å²) in [5.41, 5.74) is 2.91. The molecule has 7 heteroatoms. The molecule has 0 aromatic heterocycles. The lowest BCUT2D eigenvalue weighted by Gasteiger charge is -2.37. The summed E-state index contributed by atoms with van der Waals surface area (Å²) in [6.07, 6.45) is 7.02. The smallest absolute Gasteiger partial charge is 0.162 e. The molecule has 1 saturated carbocycles. The minimum absolute atomic E-state index is 0.120. The molecule has 1 aromatic carbocycles. The summed E-state index contributed by atoms with van der Waals surface area (Å²) in [5.74, 6) is 1.05. The lowest BCUT2D eigenvalue weighted by atomic mass is 9.87. The molecule has 4 N–H and O–H groups in total. The minimum atomic E-state index is -1.47. The molecule has 0 spiro atoms. The van der Waals surface area contributed by atoms with Gasteiger partial charge < -0.3 is 34.6 Å². The average molecular weight is 459 g/mol. The molecule has 4 rings (SSSR count). The van der Waals surface area contributed by atoms with Crippen LogP contribution in [-0.2, 0) is 20.6 Å². The largest absolute Gasteiger partial charge is 0.512 e. The number of methoxy groups -OCH3 is 1. The first kappa shape index (κ1) is 23.8. The van der Waals surface area contributed by atoms with E-state index in [9.17, 15) is 20.4 Å². The lowest BCUT2D eigenvalue weighted by Crippen LogP contribution is -2.47. The highest BCUT2D eigenvalue weighted by Gasteiger charge is 2.42. The van der Waals surface area contributed by atoms with Gasteiger partial charge in [0.05, 0.1) is 6.10 Å². The number of allylic oxidation sites excluding steroid dienone is 3. The molecule has 2 aliphatic carbocycles. The van der Waals surface area contributed by atoms with Crippen LogP contribution in [0.3, 0.4) is 0 Å². The fourth-order valence-electron chi connectivity index (χ4n) is 4.92. The van der Waals surface area contributed by atoms with Crippen molar-refractivity contribution in [3.8, 4) is 0 Å². The SMILES string of the molecule is CO[C@@H]1CCCC1OC1=CCC(Cc2cc([C@@H]3O/C(=C/O)C(O)[C@H](O)[C@H]3O)ccc2C)C=C1. The molecular weight excluding hydrogens is 424 g/mol. The first-order valence-electron chi connectivity index (χ1n) is 11.6. The topological polar surface area (TPSA) is 109 Å². The van der Waals surface area contributed by atoms with Gasteiger partial charge in [-0.15, -0.1) is 0 Å². The summed E-state index contributed by atoms with van der Waals surface area (Å²) >= 11 is 0. The highest BCUT2D eigenvalue weighted by molar-refractivity contribution is 5.35. The van der Waals surface area contributed by atoms with Crippen molar-refractivity contribution in [2.75, 3.05) is 7.11 Å².